The molecular formula is C25H30ClN3O2. The van der Waals surface area contributed by atoms with Gasteiger partial charge in [-0.15, -0.1) is 0 Å². The molecule has 164 valence electrons. The summed E-state index contributed by atoms with van der Waals surface area (Å²) < 4.78 is 0. The van der Waals surface area contributed by atoms with Gasteiger partial charge in [-0.1, -0.05) is 23.7 Å². The lowest BCUT2D eigenvalue weighted by Crippen LogP contribution is -2.46. The molecule has 1 amide bonds. The normalized spacial score (nSPS) is 20.0. The van der Waals surface area contributed by atoms with E-state index < -0.39 is 6.10 Å². The van der Waals surface area contributed by atoms with E-state index in [0.29, 0.717) is 6.42 Å². The Morgan fingerprint density at radius 1 is 0.935 bits per heavy atom. The number of aliphatic hydroxyl groups is 1. The molecule has 3 heterocycles. The third-order valence-electron chi connectivity index (χ3n) is 6.96. The van der Waals surface area contributed by atoms with Gasteiger partial charge < -0.3 is 14.9 Å². The Morgan fingerprint density at radius 3 is 2.39 bits per heavy atom. The third kappa shape index (κ3) is 4.32. The van der Waals surface area contributed by atoms with Crippen molar-refractivity contribution >= 4 is 28.9 Å². The first-order valence-corrected chi connectivity index (χ1v) is 11.8. The zero-order valence-electron chi connectivity index (χ0n) is 17.9. The van der Waals surface area contributed by atoms with Crippen molar-refractivity contribution in [2.45, 2.75) is 38.2 Å². The molecular weight excluding hydrogens is 410 g/mol. The molecule has 31 heavy (non-hydrogen) atoms. The lowest BCUT2D eigenvalue weighted by atomic mass is 9.88. The Balaban J connectivity index is 1.19. The number of nitrogens with zero attached hydrogens (tertiary/aromatic N) is 3. The molecule has 5 rings (SSSR count). The Labute approximate surface area is 189 Å². The largest absolute Gasteiger partial charge is 0.388 e. The van der Waals surface area contributed by atoms with E-state index in [-0.39, 0.29) is 5.91 Å². The first kappa shape index (κ1) is 20.8. The Kier molecular flexibility index (Phi) is 5.91. The van der Waals surface area contributed by atoms with Crippen molar-refractivity contribution in [1.82, 2.24) is 4.90 Å². The van der Waals surface area contributed by atoms with Crippen LogP contribution in [0.25, 0.3) is 0 Å². The van der Waals surface area contributed by atoms with Crippen molar-refractivity contribution in [3.63, 3.8) is 0 Å². The average Bonchev–Trinajstić information content (AvgIpc) is 2.80. The number of hydrogen-bond acceptors (Lipinski definition) is 4. The van der Waals surface area contributed by atoms with E-state index in [9.17, 15) is 9.90 Å². The highest BCUT2D eigenvalue weighted by Gasteiger charge is 2.30. The molecule has 0 spiro atoms. The summed E-state index contributed by atoms with van der Waals surface area (Å²) in [5.41, 5.74) is 5.85. The van der Waals surface area contributed by atoms with Crippen LogP contribution in [0.4, 0.5) is 11.4 Å². The van der Waals surface area contributed by atoms with Crippen LogP contribution in [0.3, 0.4) is 0 Å². The number of halogens is 1. The number of hydrogen-bond donors (Lipinski definition) is 1. The second-order valence-corrected chi connectivity index (χ2v) is 9.38. The summed E-state index contributed by atoms with van der Waals surface area (Å²) in [4.78, 5) is 19.1. The highest BCUT2D eigenvalue weighted by atomic mass is 35.5. The number of piperazine rings is 1. The number of aryl methyl sites for hydroxylation is 2. The Morgan fingerprint density at radius 2 is 1.65 bits per heavy atom. The molecule has 6 heteroatoms. The minimum absolute atomic E-state index is 0.250. The van der Waals surface area contributed by atoms with Crippen LogP contribution in [0.2, 0.25) is 5.02 Å². The molecule has 1 fully saturated rings. The summed E-state index contributed by atoms with van der Waals surface area (Å²) in [5, 5.41) is 11.7. The van der Waals surface area contributed by atoms with Crippen molar-refractivity contribution in [3.05, 3.63) is 58.1 Å². The van der Waals surface area contributed by atoms with Crippen LogP contribution < -0.4 is 9.80 Å². The first-order valence-electron chi connectivity index (χ1n) is 11.5. The Hall–Kier alpha value is -2.08. The molecule has 0 bridgehead atoms. The van der Waals surface area contributed by atoms with Crippen molar-refractivity contribution in [1.29, 1.82) is 0 Å². The van der Waals surface area contributed by atoms with Gasteiger partial charge in [-0.3, -0.25) is 9.69 Å². The predicted molar refractivity (Wildman–Crippen MR) is 125 cm³/mol. The van der Waals surface area contributed by atoms with Crippen LogP contribution in [-0.4, -0.2) is 55.2 Å². The van der Waals surface area contributed by atoms with Crippen LogP contribution in [0, 0.1) is 0 Å². The predicted octanol–water partition coefficient (Wildman–Crippen LogP) is 3.81. The quantitative estimate of drug-likeness (QED) is 0.769. The number of aliphatic hydroxyl groups excluding tert-OH is 1. The van der Waals surface area contributed by atoms with E-state index in [1.165, 1.54) is 16.8 Å². The first-order chi connectivity index (χ1) is 15.1. The maximum Gasteiger partial charge on any atom is 0.227 e. The zero-order valence-corrected chi connectivity index (χ0v) is 18.7. The number of anilines is 2. The van der Waals surface area contributed by atoms with Gasteiger partial charge in [-0.25, -0.2) is 0 Å². The lowest BCUT2D eigenvalue weighted by Gasteiger charge is -2.37. The molecule has 2 aromatic rings. The fourth-order valence-corrected chi connectivity index (χ4v) is 5.35. The second kappa shape index (κ2) is 8.81. The number of amides is 1. The van der Waals surface area contributed by atoms with Crippen LogP contribution in [0.1, 0.15) is 42.1 Å². The molecule has 1 atom stereocenters. The summed E-state index contributed by atoms with van der Waals surface area (Å²) >= 11 is 6.00. The van der Waals surface area contributed by atoms with E-state index in [1.807, 2.05) is 17.0 Å². The molecule has 1 N–H and O–H groups in total. The molecule has 1 saturated heterocycles. The summed E-state index contributed by atoms with van der Waals surface area (Å²) in [6.07, 6.45) is 3.68. The topological polar surface area (TPSA) is 47.0 Å². The van der Waals surface area contributed by atoms with Crippen LogP contribution in [0.15, 0.2) is 36.4 Å². The molecule has 5 nitrogen and oxygen atoms in total. The van der Waals surface area contributed by atoms with Gasteiger partial charge in [-0.05, 0) is 66.6 Å². The third-order valence-corrected chi connectivity index (χ3v) is 7.22. The van der Waals surface area contributed by atoms with Crippen LogP contribution >= 0.6 is 11.6 Å². The van der Waals surface area contributed by atoms with Gasteiger partial charge in [0.1, 0.15) is 0 Å². The van der Waals surface area contributed by atoms with Crippen LogP contribution in [-0.2, 0) is 17.6 Å². The summed E-state index contributed by atoms with van der Waals surface area (Å²) in [7, 11) is 0. The summed E-state index contributed by atoms with van der Waals surface area (Å²) in [5.74, 6) is 0.250. The van der Waals surface area contributed by atoms with Gasteiger partial charge in [0.25, 0.3) is 0 Å². The van der Waals surface area contributed by atoms with E-state index in [1.54, 1.807) is 0 Å². The average molecular weight is 440 g/mol. The Bertz CT molecular complexity index is 937. The van der Waals surface area contributed by atoms with Gasteiger partial charge in [-0.2, -0.15) is 0 Å². The zero-order chi connectivity index (χ0) is 21.4. The van der Waals surface area contributed by atoms with Gasteiger partial charge in [0.2, 0.25) is 5.91 Å². The van der Waals surface area contributed by atoms with E-state index in [0.717, 1.165) is 81.2 Å². The number of benzene rings is 2. The summed E-state index contributed by atoms with van der Waals surface area (Å²) in [6.45, 7) is 5.72. The SMILES string of the molecule is O=C1CCc2cc(C(O)CCN3CCN(c4ccc(Cl)cc4)CC3)cc3c2N1CCC3. The molecule has 2 aromatic carbocycles. The van der Waals surface area contributed by atoms with Crippen molar-refractivity contribution < 1.29 is 9.90 Å². The highest BCUT2D eigenvalue weighted by molar-refractivity contribution is 6.30. The van der Waals surface area contributed by atoms with E-state index in [4.69, 9.17) is 11.6 Å². The number of carbonyl (C=O) groups is 1. The molecule has 0 aliphatic carbocycles. The molecule has 3 aliphatic rings. The highest BCUT2D eigenvalue weighted by Crippen LogP contribution is 2.38. The maximum absolute atomic E-state index is 12.3. The van der Waals surface area contributed by atoms with Gasteiger partial charge in [0.05, 0.1) is 11.8 Å². The molecule has 0 aromatic heterocycles. The minimum atomic E-state index is -0.455. The van der Waals surface area contributed by atoms with Crippen molar-refractivity contribution in [2.75, 3.05) is 49.1 Å². The van der Waals surface area contributed by atoms with Crippen LogP contribution in [0.5, 0.6) is 0 Å². The molecule has 1 unspecified atom stereocenters. The van der Waals surface area contributed by atoms with E-state index in [2.05, 4.69) is 34.1 Å². The monoisotopic (exact) mass is 439 g/mol. The van der Waals surface area contributed by atoms with Gasteiger partial charge in [0.15, 0.2) is 0 Å². The fourth-order valence-electron chi connectivity index (χ4n) is 5.23. The van der Waals surface area contributed by atoms with Crippen molar-refractivity contribution in [3.8, 4) is 0 Å². The maximum atomic E-state index is 12.3. The molecule has 0 radical (unpaired) electrons. The number of rotatable bonds is 5. The lowest BCUT2D eigenvalue weighted by molar-refractivity contribution is -0.119. The molecule has 3 aliphatic heterocycles. The summed E-state index contributed by atoms with van der Waals surface area (Å²) in [6, 6.07) is 12.3. The smallest absolute Gasteiger partial charge is 0.227 e. The fraction of sp³-hybridized carbons (Fsp3) is 0.480. The van der Waals surface area contributed by atoms with Gasteiger partial charge in [0, 0.05) is 56.4 Å². The minimum Gasteiger partial charge on any atom is -0.388 e. The van der Waals surface area contributed by atoms with E-state index >= 15 is 0 Å². The standard InChI is InChI=1S/C25H30ClN3O2/c26-21-4-6-22(7-5-21)28-14-12-27(13-15-28)11-9-23(30)20-16-18-2-1-10-29-24(31)8-3-19(17-20)25(18)29/h4-7,16-17,23,30H,1-3,8-15H2. The van der Waals surface area contributed by atoms with Gasteiger partial charge >= 0.3 is 0 Å². The molecule has 0 saturated carbocycles. The van der Waals surface area contributed by atoms with Crippen molar-refractivity contribution in [2.24, 2.45) is 0 Å². The second-order valence-electron chi connectivity index (χ2n) is 8.95. The number of carbonyl (C=O) groups excluding carboxylic acids is 1.